The van der Waals surface area contributed by atoms with Crippen molar-refractivity contribution < 1.29 is 31.9 Å². The molecule has 34 heavy (non-hydrogen) atoms. The van der Waals surface area contributed by atoms with Crippen LogP contribution in [-0.4, -0.2) is 16.8 Å². The van der Waals surface area contributed by atoms with E-state index in [0.717, 1.165) is 17.4 Å². The van der Waals surface area contributed by atoms with Gasteiger partial charge in [-0.3, -0.25) is 9.59 Å². The standard InChI is InChI=1S/C22H15ClF3N3O4S/c1-9-6-13(19(25)26)28-22-16(9)17(18(34-22)20(27)30)29-21(31)15-5-3-11(33-15)8-32-14-4-2-10(24)7-12(14)23/h2-7,19H,8H2,1H3,(H2,27,30)(H,29,31). The summed E-state index contributed by atoms with van der Waals surface area (Å²) >= 11 is 6.72. The number of nitrogens with zero attached hydrogens (tertiary/aromatic N) is 1. The molecule has 0 atom stereocenters. The molecule has 0 bridgehead atoms. The molecule has 2 amide bonds. The van der Waals surface area contributed by atoms with Gasteiger partial charge in [-0.1, -0.05) is 11.6 Å². The van der Waals surface area contributed by atoms with Gasteiger partial charge in [0.2, 0.25) is 0 Å². The van der Waals surface area contributed by atoms with E-state index in [-0.39, 0.29) is 44.3 Å². The van der Waals surface area contributed by atoms with Gasteiger partial charge in [-0.05, 0) is 48.9 Å². The van der Waals surface area contributed by atoms with Crippen LogP contribution in [0.1, 0.15) is 43.7 Å². The lowest BCUT2D eigenvalue weighted by atomic mass is 10.1. The van der Waals surface area contributed by atoms with Crippen molar-refractivity contribution in [2.24, 2.45) is 5.73 Å². The summed E-state index contributed by atoms with van der Waals surface area (Å²) in [5, 5.41) is 2.98. The van der Waals surface area contributed by atoms with Crippen molar-refractivity contribution in [1.29, 1.82) is 0 Å². The van der Waals surface area contributed by atoms with E-state index >= 15 is 0 Å². The molecule has 3 aromatic heterocycles. The predicted molar refractivity (Wildman–Crippen MR) is 120 cm³/mol. The Hall–Kier alpha value is -3.57. The number of rotatable bonds is 7. The number of ether oxygens (including phenoxy) is 1. The number of halogens is 4. The Morgan fingerprint density at radius 2 is 2.03 bits per heavy atom. The van der Waals surface area contributed by atoms with Crippen LogP contribution < -0.4 is 15.8 Å². The predicted octanol–water partition coefficient (Wildman–Crippen LogP) is 5.86. The number of primary amides is 1. The van der Waals surface area contributed by atoms with Crippen LogP contribution in [0, 0.1) is 12.7 Å². The number of aromatic nitrogens is 1. The lowest BCUT2D eigenvalue weighted by molar-refractivity contribution is 0.0992. The van der Waals surface area contributed by atoms with Crippen molar-refractivity contribution in [3.8, 4) is 5.75 Å². The van der Waals surface area contributed by atoms with Crippen LogP contribution in [0.25, 0.3) is 10.2 Å². The van der Waals surface area contributed by atoms with E-state index < -0.39 is 29.8 Å². The van der Waals surface area contributed by atoms with Crippen LogP contribution in [-0.2, 0) is 6.61 Å². The molecular weight excluding hydrogens is 495 g/mol. The minimum Gasteiger partial charge on any atom is -0.484 e. The molecule has 1 aromatic carbocycles. The first-order chi connectivity index (χ1) is 16.1. The summed E-state index contributed by atoms with van der Waals surface area (Å²) in [6, 6.07) is 7.71. The number of carbonyl (C=O) groups is 2. The molecular formula is C22H15ClF3N3O4S. The van der Waals surface area contributed by atoms with Crippen LogP contribution in [0.5, 0.6) is 5.75 Å². The van der Waals surface area contributed by atoms with Crippen molar-refractivity contribution in [2.45, 2.75) is 20.0 Å². The minimum absolute atomic E-state index is 0.0357. The molecule has 0 unspecified atom stereocenters. The summed E-state index contributed by atoms with van der Waals surface area (Å²) in [5.74, 6) is -1.66. The van der Waals surface area contributed by atoms with Crippen molar-refractivity contribution in [3.63, 3.8) is 0 Å². The van der Waals surface area contributed by atoms with E-state index in [9.17, 15) is 22.8 Å². The third kappa shape index (κ3) is 4.70. The first-order valence-corrected chi connectivity index (χ1v) is 10.8. The van der Waals surface area contributed by atoms with Crippen LogP contribution in [0.3, 0.4) is 0 Å². The molecule has 0 radical (unpaired) electrons. The Balaban J connectivity index is 1.57. The number of hydrogen-bond acceptors (Lipinski definition) is 6. The molecule has 3 heterocycles. The number of anilines is 1. The maximum atomic E-state index is 13.1. The third-order valence-electron chi connectivity index (χ3n) is 4.71. The highest BCUT2D eigenvalue weighted by Crippen LogP contribution is 2.38. The number of hydrogen-bond donors (Lipinski definition) is 2. The Morgan fingerprint density at radius 1 is 1.26 bits per heavy atom. The monoisotopic (exact) mass is 509 g/mol. The maximum absolute atomic E-state index is 13.1. The summed E-state index contributed by atoms with van der Waals surface area (Å²) in [6.45, 7) is 1.47. The highest BCUT2D eigenvalue weighted by molar-refractivity contribution is 7.21. The smallest absolute Gasteiger partial charge is 0.291 e. The van der Waals surface area contributed by atoms with Crippen molar-refractivity contribution in [3.05, 3.63) is 74.9 Å². The van der Waals surface area contributed by atoms with Gasteiger partial charge in [0.05, 0.1) is 10.7 Å². The topological polar surface area (TPSA) is 107 Å². The summed E-state index contributed by atoms with van der Waals surface area (Å²) in [4.78, 5) is 28.7. The number of amides is 2. The molecule has 4 rings (SSSR count). The second-order valence-electron chi connectivity index (χ2n) is 7.10. The molecule has 3 N–H and O–H groups in total. The second-order valence-corrected chi connectivity index (χ2v) is 8.51. The lowest BCUT2D eigenvalue weighted by Crippen LogP contribution is -2.16. The van der Waals surface area contributed by atoms with Gasteiger partial charge < -0.3 is 20.2 Å². The molecule has 0 fully saturated rings. The highest BCUT2D eigenvalue weighted by Gasteiger charge is 2.24. The Labute approximate surface area is 199 Å². The van der Waals surface area contributed by atoms with Crippen molar-refractivity contribution >= 4 is 50.7 Å². The summed E-state index contributed by atoms with van der Waals surface area (Å²) in [6.07, 6.45) is -2.80. The molecule has 0 saturated heterocycles. The fraction of sp³-hybridized carbons (Fsp3) is 0.136. The van der Waals surface area contributed by atoms with Crippen LogP contribution in [0.4, 0.5) is 18.9 Å². The van der Waals surface area contributed by atoms with Crippen molar-refractivity contribution in [2.75, 3.05) is 5.32 Å². The number of alkyl halides is 2. The average Bonchev–Trinajstić information content (AvgIpc) is 3.38. The zero-order valence-corrected chi connectivity index (χ0v) is 18.9. The van der Waals surface area contributed by atoms with Gasteiger partial charge >= 0.3 is 0 Å². The molecule has 0 aliphatic carbocycles. The Bertz CT molecular complexity index is 1420. The summed E-state index contributed by atoms with van der Waals surface area (Å²) in [5.41, 5.74) is 5.44. The fourth-order valence-corrected chi connectivity index (χ4v) is 4.49. The third-order valence-corrected chi connectivity index (χ3v) is 6.11. The normalized spacial score (nSPS) is 11.2. The molecule has 0 aliphatic rings. The molecule has 0 saturated carbocycles. The molecule has 4 aromatic rings. The Kier molecular flexibility index (Phi) is 6.49. The van der Waals surface area contributed by atoms with Gasteiger partial charge in [-0.2, -0.15) is 0 Å². The molecule has 12 heteroatoms. The number of fused-ring (bicyclic) bond motifs is 1. The number of pyridine rings is 1. The lowest BCUT2D eigenvalue weighted by Gasteiger charge is -2.08. The highest BCUT2D eigenvalue weighted by atomic mass is 35.5. The number of aryl methyl sites for hydroxylation is 1. The van der Waals surface area contributed by atoms with Gasteiger partial charge in [0.1, 0.15) is 39.3 Å². The van der Waals surface area contributed by atoms with Crippen LogP contribution >= 0.6 is 22.9 Å². The number of benzene rings is 1. The van der Waals surface area contributed by atoms with E-state index in [2.05, 4.69) is 10.3 Å². The Morgan fingerprint density at radius 3 is 2.71 bits per heavy atom. The average molecular weight is 510 g/mol. The molecule has 7 nitrogen and oxygen atoms in total. The molecule has 176 valence electrons. The van der Waals surface area contributed by atoms with Gasteiger partial charge in [-0.25, -0.2) is 18.2 Å². The van der Waals surface area contributed by atoms with E-state index in [4.69, 9.17) is 26.5 Å². The van der Waals surface area contributed by atoms with Crippen LogP contribution in [0.15, 0.2) is 40.8 Å². The van der Waals surface area contributed by atoms with Gasteiger partial charge in [0.15, 0.2) is 5.76 Å². The first-order valence-electron chi connectivity index (χ1n) is 9.64. The summed E-state index contributed by atoms with van der Waals surface area (Å²) in [7, 11) is 0. The van der Waals surface area contributed by atoms with E-state index in [0.29, 0.717) is 10.9 Å². The van der Waals surface area contributed by atoms with Gasteiger partial charge in [0, 0.05) is 5.39 Å². The minimum atomic E-state index is -2.80. The number of carbonyl (C=O) groups excluding carboxylic acids is 2. The van der Waals surface area contributed by atoms with E-state index in [1.165, 1.54) is 30.3 Å². The van der Waals surface area contributed by atoms with Crippen molar-refractivity contribution in [1.82, 2.24) is 4.98 Å². The van der Waals surface area contributed by atoms with E-state index in [1.54, 1.807) is 6.92 Å². The number of thiophene rings is 1. The number of nitrogens with two attached hydrogens (primary N) is 1. The number of furan rings is 1. The van der Waals surface area contributed by atoms with Gasteiger partial charge in [-0.15, -0.1) is 11.3 Å². The number of nitrogens with one attached hydrogen (secondary N) is 1. The maximum Gasteiger partial charge on any atom is 0.291 e. The van der Waals surface area contributed by atoms with Crippen LogP contribution in [0.2, 0.25) is 5.02 Å². The molecule has 0 spiro atoms. The SMILES string of the molecule is Cc1cc(C(F)F)nc2sc(C(N)=O)c(NC(=O)c3ccc(COc4ccc(F)cc4Cl)o3)c12. The summed E-state index contributed by atoms with van der Waals surface area (Å²) < 4.78 is 50.4. The largest absolute Gasteiger partial charge is 0.484 e. The molecule has 0 aliphatic heterocycles. The first kappa shape index (κ1) is 23.6. The van der Waals surface area contributed by atoms with Gasteiger partial charge in [0.25, 0.3) is 18.2 Å². The second kappa shape index (κ2) is 9.35. The zero-order valence-electron chi connectivity index (χ0n) is 17.3. The fourth-order valence-electron chi connectivity index (χ4n) is 3.21. The zero-order chi connectivity index (χ0) is 24.6. The van der Waals surface area contributed by atoms with E-state index in [1.807, 2.05) is 0 Å². The quantitative estimate of drug-likeness (QED) is 0.324.